The van der Waals surface area contributed by atoms with Crippen LogP contribution in [-0.4, -0.2) is 84.8 Å². The summed E-state index contributed by atoms with van der Waals surface area (Å²) in [4.78, 5) is 18.3. The summed E-state index contributed by atoms with van der Waals surface area (Å²) >= 11 is 0. The summed E-state index contributed by atoms with van der Waals surface area (Å²) in [6.45, 7) is 5.54. The van der Waals surface area contributed by atoms with Gasteiger partial charge in [0.15, 0.2) is 5.88 Å². The summed E-state index contributed by atoms with van der Waals surface area (Å²) in [6.07, 6.45) is 0. The lowest BCUT2D eigenvalue weighted by Crippen LogP contribution is -2.45. The van der Waals surface area contributed by atoms with E-state index in [4.69, 9.17) is 14.6 Å². The second kappa shape index (κ2) is 8.64. The first-order chi connectivity index (χ1) is 15.6. The molecule has 0 atom stereocenters. The third-order valence-corrected chi connectivity index (χ3v) is 6.09. The SMILES string of the molecule is COc1ccc2[nH]c(O)c(C3=Nc4ccccc4/C3=N\OCCN3CCN(C)CC3)c2c1. The number of aromatic nitrogens is 1. The molecule has 5 rings (SSSR count). The molecule has 8 heteroatoms. The third kappa shape index (κ3) is 3.83. The molecule has 0 bridgehead atoms. The number of likely N-dealkylation sites (N-methyl/N-ethyl adjacent to an activating group) is 1. The van der Waals surface area contributed by atoms with E-state index in [9.17, 15) is 5.11 Å². The van der Waals surface area contributed by atoms with Crippen molar-refractivity contribution < 1.29 is 14.7 Å². The van der Waals surface area contributed by atoms with Crippen molar-refractivity contribution in [3.05, 3.63) is 53.6 Å². The van der Waals surface area contributed by atoms with Crippen LogP contribution in [-0.2, 0) is 4.84 Å². The van der Waals surface area contributed by atoms with Crippen LogP contribution in [0.25, 0.3) is 10.9 Å². The number of aliphatic imine (C=N–C) groups is 1. The largest absolute Gasteiger partial charge is 0.497 e. The molecule has 32 heavy (non-hydrogen) atoms. The van der Waals surface area contributed by atoms with Gasteiger partial charge in [-0.3, -0.25) is 4.90 Å². The van der Waals surface area contributed by atoms with Crippen molar-refractivity contribution in [1.29, 1.82) is 0 Å². The quantitative estimate of drug-likeness (QED) is 0.461. The van der Waals surface area contributed by atoms with Crippen LogP contribution in [0.1, 0.15) is 11.1 Å². The highest BCUT2D eigenvalue weighted by atomic mass is 16.6. The molecule has 3 aromatic rings. The van der Waals surface area contributed by atoms with E-state index in [2.05, 4.69) is 27.0 Å². The summed E-state index contributed by atoms with van der Waals surface area (Å²) in [7, 11) is 3.77. The van der Waals surface area contributed by atoms with Crippen molar-refractivity contribution in [2.45, 2.75) is 0 Å². The van der Waals surface area contributed by atoms with E-state index in [0.29, 0.717) is 29.3 Å². The molecule has 3 heterocycles. The fraction of sp³-hybridized carbons (Fsp3) is 0.333. The normalized spacial score (nSPS) is 18.2. The number of aromatic hydroxyl groups is 1. The second-order valence-electron chi connectivity index (χ2n) is 8.16. The molecule has 0 spiro atoms. The van der Waals surface area contributed by atoms with Crippen molar-refractivity contribution >= 4 is 28.0 Å². The number of nitrogens with one attached hydrogen (secondary N) is 1. The van der Waals surface area contributed by atoms with E-state index < -0.39 is 0 Å². The van der Waals surface area contributed by atoms with Gasteiger partial charge in [-0.1, -0.05) is 23.4 Å². The van der Waals surface area contributed by atoms with Gasteiger partial charge in [0.2, 0.25) is 0 Å². The molecular formula is C24H27N5O3. The van der Waals surface area contributed by atoms with Crippen LogP contribution in [0.15, 0.2) is 52.6 Å². The van der Waals surface area contributed by atoms with Crippen LogP contribution in [0.3, 0.4) is 0 Å². The fourth-order valence-corrected chi connectivity index (χ4v) is 4.21. The van der Waals surface area contributed by atoms with Crippen molar-refractivity contribution in [2.75, 3.05) is 53.5 Å². The van der Waals surface area contributed by atoms with Gasteiger partial charge in [0, 0.05) is 49.2 Å². The summed E-state index contributed by atoms with van der Waals surface area (Å²) in [5, 5.41) is 16.0. The first-order valence-corrected chi connectivity index (χ1v) is 10.8. The molecule has 2 aliphatic heterocycles. The number of ether oxygens (including phenoxy) is 1. The van der Waals surface area contributed by atoms with Gasteiger partial charge < -0.3 is 24.6 Å². The first-order valence-electron chi connectivity index (χ1n) is 10.8. The van der Waals surface area contributed by atoms with Crippen LogP contribution >= 0.6 is 0 Å². The molecule has 2 aromatic carbocycles. The number of piperazine rings is 1. The number of H-pyrrole nitrogens is 1. The first kappa shape index (κ1) is 20.5. The van der Waals surface area contributed by atoms with Crippen LogP contribution in [0.5, 0.6) is 11.6 Å². The van der Waals surface area contributed by atoms with E-state index in [0.717, 1.165) is 54.9 Å². The molecule has 0 amide bonds. The van der Waals surface area contributed by atoms with Crippen LogP contribution in [0, 0.1) is 0 Å². The van der Waals surface area contributed by atoms with Crippen LogP contribution in [0.4, 0.5) is 5.69 Å². The Kier molecular flexibility index (Phi) is 5.55. The lowest BCUT2D eigenvalue weighted by molar-refractivity contribution is 0.0864. The number of rotatable bonds is 6. The van der Waals surface area contributed by atoms with Gasteiger partial charge in [0.25, 0.3) is 0 Å². The Hall–Kier alpha value is -3.36. The fourth-order valence-electron chi connectivity index (χ4n) is 4.21. The molecule has 2 N–H and O–H groups in total. The van der Waals surface area contributed by atoms with Gasteiger partial charge in [-0.05, 0) is 31.3 Å². The minimum atomic E-state index is 0.0462. The number of hydrogen-bond donors (Lipinski definition) is 2. The summed E-state index contributed by atoms with van der Waals surface area (Å²) in [5.41, 5.74) is 4.30. The summed E-state index contributed by atoms with van der Waals surface area (Å²) in [6, 6.07) is 13.4. The zero-order valence-corrected chi connectivity index (χ0v) is 18.3. The zero-order valence-electron chi connectivity index (χ0n) is 18.3. The molecule has 1 saturated heterocycles. The molecule has 166 valence electrons. The third-order valence-electron chi connectivity index (χ3n) is 6.09. The number of benzene rings is 2. The van der Waals surface area contributed by atoms with Gasteiger partial charge >= 0.3 is 0 Å². The maximum absolute atomic E-state index is 10.7. The Morgan fingerprint density at radius 3 is 2.75 bits per heavy atom. The molecule has 0 saturated carbocycles. The van der Waals surface area contributed by atoms with Crippen molar-refractivity contribution in [3.63, 3.8) is 0 Å². The number of para-hydroxylation sites is 1. The van der Waals surface area contributed by atoms with E-state index in [1.165, 1.54) is 0 Å². The number of aromatic amines is 1. The van der Waals surface area contributed by atoms with Crippen molar-refractivity contribution in [1.82, 2.24) is 14.8 Å². The zero-order chi connectivity index (χ0) is 22.1. The monoisotopic (exact) mass is 433 g/mol. The minimum Gasteiger partial charge on any atom is -0.497 e. The molecule has 1 fully saturated rings. The van der Waals surface area contributed by atoms with E-state index in [1.807, 2.05) is 42.5 Å². The molecule has 8 nitrogen and oxygen atoms in total. The number of nitrogens with zero attached hydrogens (tertiary/aromatic N) is 4. The Labute approximate surface area is 186 Å². The molecule has 0 aliphatic carbocycles. The second-order valence-corrected chi connectivity index (χ2v) is 8.16. The predicted molar refractivity (Wildman–Crippen MR) is 126 cm³/mol. The lowest BCUT2D eigenvalue weighted by atomic mass is 10.0. The van der Waals surface area contributed by atoms with Crippen LogP contribution in [0.2, 0.25) is 0 Å². The molecule has 1 aromatic heterocycles. The Bertz CT molecular complexity index is 1190. The van der Waals surface area contributed by atoms with Gasteiger partial charge in [-0.2, -0.15) is 0 Å². The Morgan fingerprint density at radius 1 is 1.12 bits per heavy atom. The molecule has 2 aliphatic rings. The van der Waals surface area contributed by atoms with Gasteiger partial charge in [0.1, 0.15) is 23.8 Å². The molecule has 0 radical (unpaired) electrons. The number of methoxy groups -OCH3 is 1. The standard InChI is InChI=1S/C24H27N5O3/c1-28-9-11-29(12-10-28)13-14-32-27-22-17-5-3-4-6-19(17)25-23(22)21-18-15-16(31-2)7-8-20(18)26-24(21)30/h3-8,15,26,30H,9-14H2,1-2H3/b27-22+. The summed E-state index contributed by atoms with van der Waals surface area (Å²) in [5.74, 6) is 0.751. The summed E-state index contributed by atoms with van der Waals surface area (Å²) < 4.78 is 5.38. The highest BCUT2D eigenvalue weighted by molar-refractivity contribution is 6.58. The molecular weight excluding hydrogens is 406 g/mol. The van der Waals surface area contributed by atoms with Gasteiger partial charge in [0.05, 0.1) is 18.4 Å². The highest BCUT2D eigenvalue weighted by Gasteiger charge is 2.29. The van der Waals surface area contributed by atoms with E-state index in [1.54, 1.807) is 7.11 Å². The number of hydrogen-bond acceptors (Lipinski definition) is 7. The van der Waals surface area contributed by atoms with Crippen molar-refractivity contribution in [3.8, 4) is 11.6 Å². The van der Waals surface area contributed by atoms with Gasteiger partial charge in [-0.25, -0.2) is 4.99 Å². The Balaban J connectivity index is 1.43. The van der Waals surface area contributed by atoms with E-state index >= 15 is 0 Å². The Morgan fingerprint density at radius 2 is 1.94 bits per heavy atom. The highest BCUT2D eigenvalue weighted by Crippen LogP contribution is 2.36. The predicted octanol–water partition coefficient (Wildman–Crippen LogP) is 2.98. The number of fused-ring (bicyclic) bond motifs is 2. The minimum absolute atomic E-state index is 0.0462. The lowest BCUT2D eigenvalue weighted by Gasteiger charge is -2.31. The maximum Gasteiger partial charge on any atom is 0.199 e. The van der Waals surface area contributed by atoms with E-state index in [-0.39, 0.29) is 5.88 Å². The molecule has 0 unspecified atom stereocenters. The average Bonchev–Trinajstić information content (AvgIpc) is 3.33. The maximum atomic E-state index is 10.7. The van der Waals surface area contributed by atoms with Crippen LogP contribution < -0.4 is 4.74 Å². The smallest absolute Gasteiger partial charge is 0.199 e. The average molecular weight is 434 g/mol. The van der Waals surface area contributed by atoms with Gasteiger partial charge in [-0.15, -0.1) is 0 Å². The van der Waals surface area contributed by atoms with Crippen molar-refractivity contribution in [2.24, 2.45) is 10.1 Å². The number of oxime groups is 1. The topological polar surface area (TPSA) is 85.7 Å².